The van der Waals surface area contributed by atoms with E-state index in [0.29, 0.717) is 24.7 Å². The van der Waals surface area contributed by atoms with Crippen LogP contribution in [0.3, 0.4) is 0 Å². The Morgan fingerprint density at radius 3 is 2.95 bits per heavy atom. The van der Waals surface area contributed by atoms with Crippen LogP contribution in [-0.4, -0.2) is 39.6 Å². The van der Waals surface area contributed by atoms with Gasteiger partial charge < -0.3 is 14.6 Å². The first kappa shape index (κ1) is 14.4. The lowest BCUT2D eigenvalue weighted by molar-refractivity contribution is -0.121. The van der Waals surface area contributed by atoms with Crippen LogP contribution in [0.25, 0.3) is 0 Å². The zero-order chi connectivity index (χ0) is 15.5. The minimum Gasteiger partial charge on any atom is -0.459 e. The number of aryl methyl sites for hydroxylation is 1. The second-order valence-corrected chi connectivity index (χ2v) is 5.43. The van der Waals surface area contributed by atoms with Crippen LogP contribution in [0.5, 0.6) is 0 Å². The zero-order valence-electron chi connectivity index (χ0n) is 12.4. The van der Waals surface area contributed by atoms with Crippen LogP contribution in [0.4, 0.5) is 5.82 Å². The van der Waals surface area contributed by atoms with Crippen molar-refractivity contribution in [1.29, 1.82) is 0 Å². The van der Waals surface area contributed by atoms with Gasteiger partial charge in [-0.25, -0.2) is 0 Å². The van der Waals surface area contributed by atoms with Crippen molar-refractivity contribution >= 4 is 17.6 Å². The number of nitrogens with zero attached hydrogens (tertiary/aromatic N) is 3. The van der Waals surface area contributed by atoms with Crippen LogP contribution in [0, 0.1) is 5.92 Å². The summed E-state index contributed by atoms with van der Waals surface area (Å²) in [5.74, 6) is 0.346. The van der Waals surface area contributed by atoms with Crippen molar-refractivity contribution in [3.8, 4) is 0 Å². The third kappa shape index (κ3) is 3.03. The fourth-order valence-electron chi connectivity index (χ4n) is 2.64. The number of carbonyl (C=O) groups excluding carboxylic acids is 2. The van der Waals surface area contributed by atoms with Gasteiger partial charge in [-0.3, -0.25) is 14.3 Å². The van der Waals surface area contributed by atoms with Crippen molar-refractivity contribution in [1.82, 2.24) is 14.7 Å². The molecule has 1 unspecified atom stereocenters. The normalized spacial score (nSPS) is 18.2. The number of hydrogen-bond acceptors (Lipinski definition) is 4. The number of aromatic nitrogens is 2. The smallest absolute Gasteiger partial charge is 0.289 e. The van der Waals surface area contributed by atoms with Gasteiger partial charge in [-0.15, -0.1) is 0 Å². The standard InChI is InChI=1S/C15H18N4O3/c1-18-8-6-13(17-18)16-14(20)11-4-2-7-19(10-11)15(21)12-5-3-9-22-12/h3,5-6,8-9,11H,2,4,7,10H2,1H3,(H,16,17,20). The first-order valence-electron chi connectivity index (χ1n) is 7.27. The van der Waals surface area contributed by atoms with Gasteiger partial charge in [0.15, 0.2) is 11.6 Å². The van der Waals surface area contributed by atoms with Crippen LogP contribution in [0.15, 0.2) is 35.1 Å². The van der Waals surface area contributed by atoms with Gasteiger partial charge in [0, 0.05) is 32.4 Å². The number of nitrogens with one attached hydrogen (secondary N) is 1. The highest BCUT2D eigenvalue weighted by molar-refractivity contribution is 5.94. The van der Waals surface area contributed by atoms with Gasteiger partial charge in [-0.05, 0) is 25.0 Å². The van der Waals surface area contributed by atoms with E-state index >= 15 is 0 Å². The van der Waals surface area contributed by atoms with E-state index in [2.05, 4.69) is 10.4 Å². The Balaban J connectivity index is 1.62. The molecule has 7 heteroatoms. The molecule has 1 fully saturated rings. The topological polar surface area (TPSA) is 80.4 Å². The molecule has 1 aliphatic rings. The average molecular weight is 302 g/mol. The number of piperidine rings is 1. The maximum atomic E-state index is 12.3. The van der Waals surface area contributed by atoms with E-state index in [1.54, 1.807) is 41.0 Å². The second-order valence-electron chi connectivity index (χ2n) is 5.43. The number of furan rings is 1. The number of carbonyl (C=O) groups is 2. The van der Waals surface area contributed by atoms with Crippen molar-refractivity contribution in [2.45, 2.75) is 12.8 Å². The Morgan fingerprint density at radius 2 is 2.27 bits per heavy atom. The van der Waals surface area contributed by atoms with Gasteiger partial charge in [0.2, 0.25) is 5.91 Å². The molecule has 2 aromatic heterocycles. The van der Waals surface area contributed by atoms with Gasteiger partial charge in [0.25, 0.3) is 5.91 Å². The number of amides is 2. The molecule has 0 aliphatic carbocycles. The third-order valence-electron chi connectivity index (χ3n) is 3.78. The summed E-state index contributed by atoms with van der Waals surface area (Å²) < 4.78 is 6.77. The molecule has 0 bridgehead atoms. The summed E-state index contributed by atoms with van der Waals surface area (Å²) in [6.45, 7) is 1.05. The fourth-order valence-corrected chi connectivity index (χ4v) is 2.64. The molecule has 3 rings (SSSR count). The minimum atomic E-state index is -0.227. The molecule has 1 saturated heterocycles. The summed E-state index contributed by atoms with van der Waals surface area (Å²) in [4.78, 5) is 26.3. The first-order chi connectivity index (χ1) is 10.6. The first-order valence-corrected chi connectivity index (χ1v) is 7.27. The molecule has 2 amide bonds. The van der Waals surface area contributed by atoms with Gasteiger partial charge in [-0.1, -0.05) is 0 Å². The van der Waals surface area contributed by atoms with E-state index < -0.39 is 0 Å². The summed E-state index contributed by atoms with van der Waals surface area (Å²) in [6, 6.07) is 5.06. The Labute approximate surface area is 127 Å². The van der Waals surface area contributed by atoms with Gasteiger partial charge >= 0.3 is 0 Å². The monoisotopic (exact) mass is 302 g/mol. The second kappa shape index (κ2) is 6.05. The van der Waals surface area contributed by atoms with Crippen LogP contribution in [-0.2, 0) is 11.8 Å². The number of likely N-dealkylation sites (tertiary alicyclic amines) is 1. The lowest BCUT2D eigenvalue weighted by Crippen LogP contribution is -2.43. The Morgan fingerprint density at radius 1 is 1.41 bits per heavy atom. The summed E-state index contributed by atoms with van der Waals surface area (Å²) in [7, 11) is 1.79. The van der Waals surface area contributed by atoms with Crippen LogP contribution < -0.4 is 5.32 Å². The molecular weight excluding hydrogens is 284 g/mol. The Kier molecular flexibility index (Phi) is 3.95. The molecular formula is C15H18N4O3. The fraction of sp³-hybridized carbons (Fsp3) is 0.400. The molecule has 22 heavy (non-hydrogen) atoms. The molecule has 2 aromatic rings. The van der Waals surface area contributed by atoms with Crippen LogP contribution in [0.1, 0.15) is 23.4 Å². The SMILES string of the molecule is Cn1ccc(NC(=O)C2CCCN(C(=O)c3ccco3)C2)n1. The molecule has 7 nitrogen and oxygen atoms in total. The predicted molar refractivity (Wildman–Crippen MR) is 79.2 cm³/mol. The largest absolute Gasteiger partial charge is 0.459 e. The summed E-state index contributed by atoms with van der Waals surface area (Å²) in [6.07, 6.45) is 4.80. The maximum absolute atomic E-state index is 12.3. The highest BCUT2D eigenvalue weighted by Gasteiger charge is 2.30. The zero-order valence-corrected chi connectivity index (χ0v) is 12.4. The molecule has 1 N–H and O–H groups in total. The summed E-state index contributed by atoms with van der Waals surface area (Å²) in [5.41, 5.74) is 0. The van der Waals surface area contributed by atoms with Gasteiger partial charge in [-0.2, -0.15) is 5.10 Å². The van der Waals surface area contributed by atoms with Crippen molar-refractivity contribution in [3.05, 3.63) is 36.4 Å². The number of rotatable bonds is 3. The molecule has 116 valence electrons. The average Bonchev–Trinajstić information content (AvgIpc) is 3.18. The molecule has 0 saturated carbocycles. The molecule has 0 aromatic carbocycles. The van der Waals surface area contributed by atoms with E-state index in [-0.39, 0.29) is 17.7 Å². The summed E-state index contributed by atoms with van der Waals surface area (Å²) >= 11 is 0. The van der Waals surface area contributed by atoms with E-state index in [9.17, 15) is 9.59 Å². The molecule has 0 spiro atoms. The van der Waals surface area contributed by atoms with Crippen molar-refractivity contribution < 1.29 is 14.0 Å². The van der Waals surface area contributed by atoms with Crippen molar-refractivity contribution in [2.24, 2.45) is 13.0 Å². The summed E-state index contributed by atoms with van der Waals surface area (Å²) in [5, 5.41) is 6.92. The molecule has 0 radical (unpaired) electrons. The van der Waals surface area contributed by atoms with E-state index in [1.165, 1.54) is 6.26 Å². The molecule has 1 atom stereocenters. The Bertz CT molecular complexity index is 662. The third-order valence-corrected chi connectivity index (χ3v) is 3.78. The number of hydrogen-bond donors (Lipinski definition) is 1. The van der Waals surface area contributed by atoms with Crippen molar-refractivity contribution in [2.75, 3.05) is 18.4 Å². The number of anilines is 1. The van der Waals surface area contributed by atoms with E-state index in [0.717, 1.165) is 12.8 Å². The Hall–Kier alpha value is -2.57. The lowest BCUT2D eigenvalue weighted by Gasteiger charge is -2.31. The van der Waals surface area contributed by atoms with E-state index in [1.807, 2.05) is 0 Å². The van der Waals surface area contributed by atoms with E-state index in [4.69, 9.17) is 4.42 Å². The highest BCUT2D eigenvalue weighted by atomic mass is 16.3. The highest BCUT2D eigenvalue weighted by Crippen LogP contribution is 2.20. The maximum Gasteiger partial charge on any atom is 0.289 e. The molecule has 3 heterocycles. The van der Waals surface area contributed by atoms with Crippen molar-refractivity contribution in [3.63, 3.8) is 0 Å². The minimum absolute atomic E-state index is 0.101. The van der Waals surface area contributed by atoms with Crippen LogP contribution in [0.2, 0.25) is 0 Å². The quantitative estimate of drug-likeness (QED) is 0.932. The predicted octanol–water partition coefficient (Wildman–Crippen LogP) is 1.50. The van der Waals surface area contributed by atoms with Gasteiger partial charge in [0.1, 0.15) is 0 Å². The lowest BCUT2D eigenvalue weighted by atomic mass is 9.97. The van der Waals surface area contributed by atoms with Gasteiger partial charge in [0.05, 0.1) is 12.2 Å². The molecule has 1 aliphatic heterocycles. The van der Waals surface area contributed by atoms with Crippen LogP contribution >= 0.6 is 0 Å².